The van der Waals surface area contributed by atoms with Crippen molar-refractivity contribution in [3.63, 3.8) is 0 Å². The van der Waals surface area contributed by atoms with Crippen LogP contribution in [0.2, 0.25) is 0 Å². The summed E-state index contributed by atoms with van der Waals surface area (Å²) >= 11 is 0. The van der Waals surface area contributed by atoms with Crippen molar-refractivity contribution < 1.29 is 50.4 Å². The first kappa shape index (κ1) is 21.5. The molecule has 10 nitrogen and oxygen atoms in total. The number of rotatable bonds is 2. The maximum atomic E-state index is 13.1. The van der Waals surface area contributed by atoms with Gasteiger partial charge >= 0.3 is 0 Å². The Kier molecular flexibility index (Phi) is 4.97. The molecule has 10 heteroatoms. The first-order valence-corrected chi connectivity index (χ1v) is 9.50. The molecule has 31 heavy (non-hydrogen) atoms. The van der Waals surface area contributed by atoms with Crippen molar-refractivity contribution in [1.82, 2.24) is 0 Å². The fraction of sp³-hybridized carbons (Fsp3) is 0.381. The van der Waals surface area contributed by atoms with Crippen LogP contribution in [0.1, 0.15) is 32.6 Å². The van der Waals surface area contributed by atoms with E-state index in [1.54, 1.807) is 6.92 Å². The highest BCUT2D eigenvalue weighted by Crippen LogP contribution is 2.51. The third kappa shape index (κ3) is 2.92. The topological polar surface area (TPSA) is 188 Å². The smallest absolute Gasteiger partial charge is 0.201 e. The summed E-state index contributed by atoms with van der Waals surface area (Å²) in [6.45, 7) is 0.814. The molecule has 0 aromatic heterocycles. The number of benzene rings is 2. The summed E-state index contributed by atoms with van der Waals surface area (Å²) in [6, 6.07) is 4.50. The molecule has 1 aliphatic heterocycles. The SMILES string of the molecule is Cc1cc(O)c2c(c1)[C@](O)([C@H]1O[C@@H](CO)[C@H](O)[C@@H](O)[C@@H]1O)c1cc(O)cc(O)c1C2=O. The van der Waals surface area contributed by atoms with Crippen LogP contribution in [0.5, 0.6) is 17.2 Å². The lowest BCUT2D eigenvalue weighted by Gasteiger charge is -2.49. The Morgan fingerprint density at radius 3 is 2.10 bits per heavy atom. The number of aryl methyl sites for hydroxylation is 1. The number of hydrogen-bond acceptors (Lipinski definition) is 10. The van der Waals surface area contributed by atoms with E-state index in [1.165, 1.54) is 12.1 Å². The average molecular weight is 434 g/mol. The highest BCUT2D eigenvalue weighted by Gasteiger charge is 2.58. The molecule has 4 rings (SSSR count). The van der Waals surface area contributed by atoms with Crippen LogP contribution in [-0.2, 0) is 10.3 Å². The van der Waals surface area contributed by atoms with Crippen LogP contribution >= 0.6 is 0 Å². The molecule has 0 bridgehead atoms. The zero-order chi connectivity index (χ0) is 22.8. The number of hydrogen-bond donors (Lipinski definition) is 8. The van der Waals surface area contributed by atoms with Crippen LogP contribution in [0.25, 0.3) is 0 Å². The standard InChI is InChI=1S/C21H22O10/c1-7-2-9-14(11(24)3-7)17(27)15-10(4-8(23)5-12(15)25)21(9,30)20-19(29)18(28)16(26)13(6-22)31-20/h2-5,13,16,18-20,22-26,28-30H,6H2,1H3/t13-,16-,18+,19-,20-,21+/m0/s1. The number of fused-ring (bicyclic) bond motifs is 2. The number of ketones is 1. The van der Waals surface area contributed by atoms with Gasteiger partial charge in [-0.2, -0.15) is 0 Å². The number of carbonyl (C=O) groups excluding carboxylic acids is 1. The predicted molar refractivity (Wildman–Crippen MR) is 103 cm³/mol. The third-order valence-corrected chi connectivity index (χ3v) is 5.94. The lowest BCUT2D eigenvalue weighted by molar-refractivity contribution is -0.265. The van der Waals surface area contributed by atoms with Crippen LogP contribution in [0.4, 0.5) is 0 Å². The quantitative estimate of drug-likeness (QED) is 0.283. The first-order valence-electron chi connectivity index (χ1n) is 9.50. The molecule has 0 amide bonds. The minimum atomic E-state index is -2.48. The molecule has 2 aromatic rings. The summed E-state index contributed by atoms with van der Waals surface area (Å²) in [7, 11) is 0. The van der Waals surface area contributed by atoms with Crippen molar-refractivity contribution >= 4 is 5.78 Å². The van der Waals surface area contributed by atoms with Crippen molar-refractivity contribution in [2.24, 2.45) is 0 Å². The maximum Gasteiger partial charge on any atom is 0.201 e. The molecule has 1 fully saturated rings. The van der Waals surface area contributed by atoms with E-state index in [0.29, 0.717) is 5.56 Å². The van der Waals surface area contributed by atoms with Gasteiger partial charge in [-0.05, 0) is 24.6 Å². The van der Waals surface area contributed by atoms with Gasteiger partial charge in [0.05, 0.1) is 17.7 Å². The van der Waals surface area contributed by atoms with E-state index in [2.05, 4.69) is 0 Å². The zero-order valence-electron chi connectivity index (χ0n) is 16.3. The highest BCUT2D eigenvalue weighted by molar-refractivity contribution is 6.16. The molecule has 2 aliphatic rings. The Balaban J connectivity index is 2.06. The number of phenolic OH excluding ortho intramolecular Hbond substituents is 3. The van der Waals surface area contributed by atoms with Crippen LogP contribution in [-0.4, -0.2) is 83.8 Å². The number of carbonyl (C=O) groups is 1. The van der Waals surface area contributed by atoms with Crippen LogP contribution in [0, 0.1) is 6.92 Å². The zero-order valence-corrected chi connectivity index (χ0v) is 16.3. The van der Waals surface area contributed by atoms with E-state index >= 15 is 0 Å². The van der Waals surface area contributed by atoms with E-state index < -0.39 is 71.3 Å². The normalized spacial score (nSPS) is 32.5. The van der Waals surface area contributed by atoms with E-state index in [4.69, 9.17) is 4.74 Å². The van der Waals surface area contributed by atoms with Gasteiger partial charge in [-0.25, -0.2) is 0 Å². The van der Waals surface area contributed by atoms with E-state index in [1.807, 2.05) is 0 Å². The molecule has 166 valence electrons. The van der Waals surface area contributed by atoms with Crippen molar-refractivity contribution in [2.75, 3.05) is 6.61 Å². The van der Waals surface area contributed by atoms with Crippen LogP contribution in [0.3, 0.4) is 0 Å². The lowest BCUT2D eigenvalue weighted by atomic mass is 9.68. The van der Waals surface area contributed by atoms with Crippen LogP contribution in [0.15, 0.2) is 24.3 Å². The molecule has 0 spiro atoms. The fourth-order valence-electron chi connectivity index (χ4n) is 4.48. The molecule has 8 N–H and O–H groups in total. The maximum absolute atomic E-state index is 13.1. The lowest BCUT2D eigenvalue weighted by Crippen LogP contribution is -2.65. The Labute approximate surface area is 175 Å². The van der Waals surface area contributed by atoms with Gasteiger partial charge in [-0.15, -0.1) is 0 Å². The number of aromatic hydroxyl groups is 3. The number of phenols is 3. The molecule has 1 heterocycles. The van der Waals surface area contributed by atoms with E-state index in [-0.39, 0.29) is 16.7 Å². The average Bonchev–Trinajstić information content (AvgIpc) is 2.69. The molecule has 0 radical (unpaired) electrons. The van der Waals surface area contributed by atoms with Crippen molar-refractivity contribution in [3.05, 3.63) is 52.1 Å². The summed E-state index contributed by atoms with van der Waals surface area (Å²) in [5, 5.41) is 83.4. The molecule has 6 atom stereocenters. The predicted octanol–water partition coefficient (Wildman–Crippen LogP) is -1.27. The van der Waals surface area contributed by atoms with Gasteiger partial charge in [-0.1, -0.05) is 6.07 Å². The fourth-order valence-corrected chi connectivity index (χ4v) is 4.48. The molecule has 2 aromatic carbocycles. The Hall–Kier alpha value is -2.73. The molecule has 1 saturated heterocycles. The molecular formula is C21H22O10. The Bertz CT molecular complexity index is 1000. The highest BCUT2D eigenvalue weighted by atomic mass is 16.6. The minimum absolute atomic E-state index is 0.197. The van der Waals surface area contributed by atoms with E-state index in [9.17, 15) is 45.6 Å². The van der Waals surface area contributed by atoms with Gasteiger partial charge in [0.1, 0.15) is 53.4 Å². The summed E-state index contributed by atoms with van der Waals surface area (Å²) in [5.41, 5.74) is -3.39. The summed E-state index contributed by atoms with van der Waals surface area (Å²) in [6.07, 6.45) is -8.59. The Morgan fingerprint density at radius 1 is 0.903 bits per heavy atom. The first-order chi connectivity index (χ1) is 14.5. The Morgan fingerprint density at radius 2 is 1.48 bits per heavy atom. The molecule has 1 aliphatic carbocycles. The third-order valence-electron chi connectivity index (χ3n) is 5.94. The second-order valence-electron chi connectivity index (χ2n) is 7.94. The minimum Gasteiger partial charge on any atom is -0.508 e. The molecular weight excluding hydrogens is 412 g/mol. The summed E-state index contributed by atoms with van der Waals surface area (Å²) in [5.74, 6) is -2.53. The number of aliphatic hydroxyl groups excluding tert-OH is 4. The molecule has 0 saturated carbocycles. The van der Waals surface area contributed by atoms with Gasteiger partial charge in [0, 0.05) is 17.2 Å². The number of ether oxygens (including phenoxy) is 1. The summed E-state index contributed by atoms with van der Waals surface area (Å²) < 4.78 is 5.57. The molecule has 0 unspecified atom stereocenters. The number of aliphatic hydroxyl groups is 5. The monoisotopic (exact) mass is 434 g/mol. The second-order valence-corrected chi connectivity index (χ2v) is 7.94. The van der Waals surface area contributed by atoms with Crippen molar-refractivity contribution in [1.29, 1.82) is 0 Å². The largest absolute Gasteiger partial charge is 0.508 e. The van der Waals surface area contributed by atoms with Crippen LogP contribution < -0.4 is 0 Å². The van der Waals surface area contributed by atoms with Gasteiger partial charge in [-0.3, -0.25) is 4.79 Å². The van der Waals surface area contributed by atoms with E-state index in [0.717, 1.165) is 12.1 Å². The van der Waals surface area contributed by atoms with Gasteiger partial charge in [0.2, 0.25) is 5.78 Å². The summed E-state index contributed by atoms with van der Waals surface area (Å²) in [4.78, 5) is 13.1. The van der Waals surface area contributed by atoms with Crippen molar-refractivity contribution in [3.8, 4) is 17.2 Å². The van der Waals surface area contributed by atoms with Gasteiger partial charge < -0.3 is 45.6 Å². The second kappa shape index (κ2) is 7.16. The van der Waals surface area contributed by atoms with Gasteiger partial charge in [0.25, 0.3) is 0 Å². The van der Waals surface area contributed by atoms with Crippen molar-refractivity contribution in [2.45, 2.75) is 43.0 Å². The van der Waals surface area contributed by atoms with Gasteiger partial charge in [0.15, 0.2) is 0 Å².